The highest BCUT2D eigenvalue weighted by Gasteiger charge is 2.10. The van der Waals surface area contributed by atoms with E-state index in [0.29, 0.717) is 0 Å². The first-order valence-electron chi connectivity index (χ1n) is 6.79. The van der Waals surface area contributed by atoms with Gasteiger partial charge >= 0.3 is 0 Å². The van der Waals surface area contributed by atoms with Gasteiger partial charge in [0.15, 0.2) is 10.8 Å². The Labute approximate surface area is 132 Å². The minimum absolute atomic E-state index is 0.856. The Bertz CT molecular complexity index is 687. The lowest BCUT2D eigenvalue weighted by molar-refractivity contribution is 0.334. The Balaban J connectivity index is 1.56. The molecule has 0 aliphatic heterocycles. The maximum absolute atomic E-state index is 5.61. The zero-order chi connectivity index (χ0) is 14.7. The predicted octanol–water partition coefficient (Wildman–Crippen LogP) is 3.84. The maximum Gasteiger partial charge on any atom is 0.162 e. The van der Waals surface area contributed by atoms with Crippen LogP contribution in [0, 0.1) is 6.92 Å². The van der Waals surface area contributed by atoms with E-state index < -0.39 is 0 Å². The van der Waals surface area contributed by atoms with Gasteiger partial charge < -0.3 is 9.32 Å². The SMILES string of the molecule is Cc1ccc(-c2ncc(CN(C)CCc3nccs3)s2)o1. The third-order valence-corrected chi connectivity index (χ3v) is 4.96. The summed E-state index contributed by atoms with van der Waals surface area (Å²) in [5.74, 6) is 1.77. The van der Waals surface area contributed by atoms with Gasteiger partial charge in [0.1, 0.15) is 5.76 Å². The molecule has 0 atom stereocenters. The van der Waals surface area contributed by atoms with Gasteiger partial charge in [0.2, 0.25) is 0 Å². The largest absolute Gasteiger partial charge is 0.459 e. The van der Waals surface area contributed by atoms with Crippen molar-refractivity contribution in [1.29, 1.82) is 0 Å². The van der Waals surface area contributed by atoms with E-state index in [1.807, 2.05) is 36.8 Å². The number of nitrogens with zero attached hydrogens (tertiary/aromatic N) is 3. The second-order valence-corrected chi connectivity index (χ2v) is 7.05. The summed E-state index contributed by atoms with van der Waals surface area (Å²) in [7, 11) is 2.13. The molecule has 0 N–H and O–H groups in total. The van der Waals surface area contributed by atoms with Crippen LogP contribution in [0.15, 0.2) is 34.3 Å². The second kappa shape index (κ2) is 6.51. The van der Waals surface area contributed by atoms with Crippen molar-refractivity contribution in [2.45, 2.75) is 19.9 Å². The van der Waals surface area contributed by atoms with Gasteiger partial charge in [-0.15, -0.1) is 22.7 Å². The summed E-state index contributed by atoms with van der Waals surface area (Å²) < 4.78 is 5.61. The molecule has 0 amide bonds. The van der Waals surface area contributed by atoms with Gasteiger partial charge in [-0.05, 0) is 26.1 Å². The average molecular weight is 319 g/mol. The first-order chi connectivity index (χ1) is 10.2. The Hall–Kier alpha value is -1.50. The van der Waals surface area contributed by atoms with Crippen LogP contribution in [-0.2, 0) is 13.0 Å². The van der Waals surface area contributed by atoms with Gasteiger partial charge in [0, 0.05) is 42.2 Å². The van der Waals surface area contributed by atoms with Crippen LogP contribution in [0.3, 0.4) is 0 Å². The normalized spacial score (nSPS) is 11.4. The molecule has 110 valence electrons. The van der Waals surface area contributed by atoms with Crippen LogP contribution in [0.4, 0.5) is 0 Å². The lowest BCUT2D eigenvalue weighted by atomic mass is 10.4. The molecule has 0 fully saturated rings. The van der Waals surface area contributed by atoms with Crippen molar-refractivity contribution >= 4 is 22.7 Å². The topological polar surface area (TPSA) is 42.2 Å². The van der Waals surface area contributed by atoms with Crippen LogP contribution in [0.5, 0.6) is 0 Å². The summed E-state index contributed by atoms with van der Waals surface area (Å²) in [4.78, 5) is 12.3. The zero-order valence-electron chi connectivity index (χ0n) is 12.1. The minimum atomic E-state index is 0.856. The number of aryl methyl sites for hydroxylation is 1. The molecule has 0 bridgehead atoms. The van der Waals surface area contributed by atoms with Crippen molar-refractivity contribution in [1.82, 2.24) is 14.9 Å². The van der Waals surface area contributed by atoms with E-state index in [1.165, 1.54) is 9.88 Å². The number of hydrogen-bond donors (Lipinski definition) is 0. The standard InChI is InChI=1S/C15H17N3OS2/c1-11-3-4-13(19-11)15-17-9-12(21-15)10-18(2)7-5-14-16-6-8-20-14/h3-4,6,8-9H,5,7,10H2,1-2H3. The molecule has 0 aliphatic carbocycles. The molecule has 3 aromatic heterocycles. The molecule has 0 saturated heterocycles. The molecule has 3 rings (SSSR count). The molecular weight excluding hydrogens is 302 g/mol. The summed E-state index contributed by atoms with van der Waals surface area (Å²) in [6.07, 6.45) is 4.80. The fourth-order valence-electron chi connectivity index (χ4n) is 2.05. The van der Waals surface area contributed by atoms with Crippen LogP contribution < -0.4 is 0 Å². The van der Waals surface area contributed by atoms with Crippen LogP contribution in [0.2, 0.25) is 0 Å². The van der Waals surface area contributed by atoms with Gasteiger partial charge in [0.25, 0.3) is 0 Å². The summed E-state index contributed by atoms with van der Waals surface area (Å²) >= 11 is 3.41. The van der Waals surface area contributed by atoms with E-state index in [-0.39, 0.29) is 0 Å². The van der Waals surface area contributed by atoms with Gasteiger partial charge in [-0.25, -0.2) is 9.97 Å². The number of thiazole rings is 2. The van der Waals surface area contributed by atoms with Crippen molar-refractivity contribution < 1.29 is 4.42 Å². The van der Waals surface area contributed by atoms with E-state index in [1.54, 1.807) is 22.7 Å². The van der Waals surface area contributed by atoms with Gasteiger partial charge in [-0.2, -0.15) is 0 Å². The van der Waals surface area contributed by atoms with E-state index in [0.717, 1.165) is 36.0 Å². The first kappa shape index (κ1) is 14.4. The number of hydrogen-bond acceptors (Lipinski definition) is 6. The van der Waals surface area contributed by atoms with E-state index >= 15 is 0 Å². The Kier molecular flexibility index (Phi) is 4.48. The Morgan fingerprint density at radius 1 is 1.29 bits per heavy atom. The van der Waals surface area contributed by atoms with Crippen LogP contribution in [-0.4, -0.2) is 28.5 Å². The summed E-state index contributed by atoms with van der Waals surface area (Å²) in [5, 5.41) is 4.17. The van der Waals surface area contributed by atoms with Gasteiger partial charge in [-0.3, -0.25) is 0 Å². The molecule has 6 heteroatoms. The molecule has 0 aliphatic rings. The number of aromatic nitrogens is 2. The third kappa shape index (κ3) is 3.78. The van der Waals surface area contributed by atoms with E-state index in [9.17, 15) is 0 Å². The quantitative estimate of drug-likeness (QED) is 0.692. The molecule has 0 radical (unpaired) electrons. The van der Waals surface area contributed by atoms with Crippen molar-refractivity contribution in [3.05, 3.63) is 45.6 Å². The highest BCUT2D eigenvalue weighted by molar-refractivity contribution is 7.14. The number of furan rings is 1. The first-order valence-corrected chi connectivity index (χ1v) is 8.49. The molecule has 21 heavy (non-hydrogen) atoms. The van der Waals surface area contributed by atoms with Gasteiger partial charge in [0.05, 0.1) is 5.01 Å². The molecule has 3 heterocycles. The summed E-state index contributed by atoms with van der Waals surface area (Å²) in [5.41, 5.74) is 0. The third-order valence-electron chi connectivity index (χ3n) is 3.12. The number of likely N-dealkylation sites (N-methyl/N-ethyl adjacent to an activating group) is 1. The Morgan fingerprint density at radius 2 is 2.19 bits per heavy atom. The predicted molar refractivity (Wildman–Crippen MR) is 86.7 cm³/mol. The minimum Gasteiger partial charge on any atom is -0.459 e. The van der Waals surface area contributed by atoms with Crippen LogP contribution in [0.1, 0.15) is 15.6 Å². The maximum atomic E-state index is 5.61. The molecule has 0 unspecified atom stereocenters. The van der Waals surface area contributed by atoms with Gasteiger partial charge in [-0.1, -0.05) is 0 Å². The fourth-order valence-corrected chi connectivity index (χ4v) is 3.62. The van der Waals surface area contributed by atoms with Crippen LogP contribution >= 0.6 is 22.7 Å². The summed E-state index contributed by atoms with van der Waals surface area (Å²) in [6.45, 7) is 3.85. The van der Waals surface area contributed by atoms with Crippen molar-refractivity contribution in [2.75, 3.05) is 13.6 Å². The van der Waals surface area contributed by atoms with Crippen LogP contribution in [0.25, 0.3) is 10.8 Å². The average Bonchev–Trinajstić information content (AvgIpc) is 3.17. The summed E-state index contributed by atoms with van der Waals surface area (Å²) in [6, 6.07) is 3.95. The molecule has 3 aromatic rings. The molecular formula is C15H17N3OS2. The zero-order valence-corrected chi connectivity index (χ0v) is 13.7. The lowest BCUT2D eigenvalue weighted by Crippen LogP contribution is -2.20. The highest BCUT2D eigenvalue weighted by Crippen LogP contribution is 2.27. The highest BCUT2D eigenvalue weighted by atomic mass is 32.1. The molecule has 4 nitrogen and oxygen atoms in total. The lowest BCUT2D eigenvalue weighted by Gasteiger charge is -2.13. The van der Waals surface area contributed by atoms with Crippen molar-refractivity contribution in [2.24, 2.45) is 0 Å². The number of rotatable bonds is 6. The second-order valence-electron chi connectivity index (χ2n) is 4.96. The fraction of sp³-hybridized carbons (Fsp3) is 0.333. The Morgan fingerprint density at radius 3 is 2.90 bits per heavy atom. The van der Waals surface area contributed by atoms with E-state index in [4.69, 9.17) is 4.42 Å². The molecule has 0 saturated carbocycles. The molecule has 0 spiro atoms. The molecule has 0 aromatic carbocycles. The monoisotopic (exact) mass is 319 g/mol. The van der Waals surface area contributed by atoms with Crippen molar-refractivity contribution in [3.63, 3.8) is 0 Å². The van der Waals surface area contributed by atoms with E-state index in [2.05, 4.69) is 21.9 Å². The smallest absolute Gasteiger partial charge is 0.162 e. The van der Waals surface area contributed by atoms with Crippen molar-refractivity contribution in [3.8, 4) is 10.8 Å².